The number of rotatable bonds is 10. The molecule has 1 N–H and O–H groups in total. The number of nitrogens with zero attached hydrogens (tertiary/aromatic N) is 1. The second kappa shape index (κ2) is 10.4. The van der Waals surface area contributed by atoms with Crippen LogP contribution in [0.4, 0.5) is 0 Å². The Labute approximate surface area is 96.4 Å². The van der Waals surface area contributed by atoms with Crippen LogP contribution < -0.4 is 5.32 Å². The SMILES string of the molecule is CCC(C)CN(C)CCCCCCNC. The van der Waals surface area contributed by atoms with Crippen molar-refractivity contribution in [3.8, 4) is 0 Å². The molecule has 0 heterocycles. The Hall–Kier alpha value is -0.0800. The van der Waals surface area contributed by atoms with E-state index in [1.165, 1.54) is 51.7 Å². The van der Waals surface area contributed by atoms with Crippen molar-refractivity contribution in [1.29, 1.82) is 0 Å². The van der Waals surface area contributed by atoms with Crippen molar-refractivity contribution >= 4 is 0 Å². The van der Waals surface area contributed by atoms with Crippen LogP contribution in [0.25, 0.3) is 0 Å². The molecular weight excluding hydrogens is 184 g/mol. The Bertz CT molecular complexity index is 126. The van der Waals surface area contributed by atoms with Crippen LogP contribution in [-0.2, 0) is 0 Å². The summed E-state index contributed by atoms with van der Waals surface area (Å²) in [5, 5.41) is 3.19. The number of hydrogen-bond acceptors (Lipinski definition) is 2. The topological polar surface area (TPSA) is 15.3 Å². The van der Waals surface area contributed by atoms with Gasteiger partial charge in [0.1, 0.15) is 0 Å². The monoisotopic (exact) mass is 214 g/mol. The highest BCUT2D eigenvalue weighted by atomic mass is 15.1. The molecule has 0 amide bonds. The third kappa shape index (κ3) is 10.2. The summed E-state index contributed by atoms with van der Waals surface area (Å²) in [6.07, 6.45) is 6.74. The van der Waals surface area contributed by atoms with E-state index in [2.05, 4.69) is 31.1 Å². The third-order valence-corrected chi connectivity index (χ3v) is 3.04. The van der Waals surface area contributed by atoms with Gasteiger partial charge in [-0.2, -0.15) is 0 Å². The highest BCUT2D eigenvalue weighted by molar-refractivity contribution is 4.57. The first-order valence-corrected chi connectivity index (χ1v) is 6.53. The van der Waals surface area contributed by atoms with Gasteiger partial charge in [0.2, 0.25) is 0 Å². The van der Waals surface area contributed by atoms with Gasteiger partial charge in [-0.3, -0.25) is 0 Å². The molecule has 1 atom stereocenters. The maximum absolute atomic E-state index is 3.19. The molecule has 0 bridgehead atoms. The van der Waals surface area contributed by atoms with Crippen molar-refractivity contribution in [3.05, 3.63) is 0 Å². The highest BCUT2D eigenvalue weighted by Crippen LogP contribution is 2.05. The van der Waals surface area contributed by atoms with Gasteiger partial charge in [-0.25, -0.2) is 0 Å². The standard InChI is InChI=1S/C13H30N2/c1-5-13(2)12-15(4)11-9-7-6-8-10-14-3/h13-14H,5-12H2,1-4H3. The Morgan fingerprint density at radius 1 is 1.13 bits per heavy atom. The lowest BCUT2D eigenvalue weighted by molar-refractivity contribution is 0.276. The molecule has 0 saturated heterocycles. The summed E-state index contributed by atoms with van der Waals surface area (Å²) in [4.78, 5) is 2.48. The first kappa shape index (κ1) is 14.9. The summed E-state index contributed by atoms with van der Waals surface area (Å²) >= 11 is 0. The fraction of sp³-hybridized carbons (Fsp3) is 1.00. The minimum atomic E-state index is 0.847. The largest absolute Gasteiger partial charge is 0.320 e. The molecule has 0 aliphatic rings. The van der Waals surface area contributed by atoms with Crippen molar-refractivity contribution < 1.29 is 0 Å². The average molecular weight is 214 g/mol. The zero-order valence-electron chi connectivity index (χ0n) is 11.2. The summed E-state index contributed by atoms with van der Waals surface area (Å²) in [5.41, 5.74) is 0. The van der Waals surface area contributed by atoms with Crippen molar-refractivity contribution in [2.45, 2.75) is 46.0 Å². The van der Waals surface area contributed by atoms with Gasteiger partial charge in [0.25, 0.3) is 0 Å². The molecule has 2 nitrogen and oxygen atoms in total. The predicted octanol–water partition coefficient (Wildman–Crippen LogP) is 2.74. The van der Waals surface area contributed by atoms with Gasteiger partial charge in [0.15, 0.2) is 0 Å². The van der Waals surface area contributed by atoms with E-state index in [1.54, 1.807) is 0 Å². The maximum atomic E-state index is 3.19. The van der Waals surface area contributed by atoms with Gasteiger partial charge in [0, 0.05) is 6.54 Å². The van der Waals surface area contributed by atoms with E-state index in [4.69, 9.17) is 0 Å². The molecule has 0 saturated carbocycles. The van der Waals surface area contributed by atoms with E-state index >= 15 is 0 Å². The summed E-state index contributed by atoms with van der Waals surface area (Å²) in [5.74, 6) is 0.847. The van der Waals surface area contributed by atoms with Gasteiger partial charge in [-0.1, -0.05) is 33.1 Å². The smallest absolute Gasteiger partial charge is 0.000387 e. The molecule has 0 aromatic rings. The highest BCUT2D eigenvalue weighted by Gasteiger charge is 2.03. The quantitative estimate of drug-likeness (QED) is 0.563. The summed E-state index contributed by atoms with van der Waals surface area (Å²) < 4.78 is 0. The average Bonchev–Trinajstić information content (AvgIpc) is 2.23. The van der Waals surface area contributed by atoms with Crippen LogP contribution in [0, 0.1) is 5.92 Å². The second-order valence-electron chi connectivity index (χ2n) is 4.79. The molecule has 0 aliphatic carbocycles. The van der Waals surface area contributed by atoms with Crippen LogP contribution in [0.2, 0.25) is 0 Å². The van der Waals surface area contributed by atoms with Crippen LogP contribution >= 0.6 is 0 Å². The molecule has 0 rings (SSSR count). The van der Waals surface area contributed by atoms with E-state index in [1.807, 2.05) is 7.05 Å². The second-order valence-corrected chi connectivity index (χ2v) is 4.79. The van der Waals surface area contributed by atoms with Crippen LogP contribution in [0.5, 0.6) is 0 Å². The molecule has 2 heteroatoms. The summed E-state index contributed by atoms with van der Waals surface area (Å²) in [6, 6.07) is 0. The molecule has 0 aromatic carbocycles. The van der Waals surface area contributed by atoms with Crippen molar-refractivity contribution in [1.82, 2.24) is 10.2 Å². The first-order chi connectivity index (χ1) is 7.20. The van der Waals surface area contributed by atoms with Gasteiger partial charge in [0.05, 0.1) is 0 Å². The lowest BCUT2D eigenvalue weighted by Gasteiger charge is -2.20. The maximum Gasteiger partial charge on any atom is 0.000387 e. The Morgan fingerprint density at radius 3 is 2.40 bits per heavy atom. The van der Waals surface area contributed by atoms with Crippen LogP contribution in [0.1, 0.15) is 46.0 Å². The van der Waals surface area contributed by atoms with Gasteiger partial charge >= 0.3 is 0 Å². The summed E-state index contributed by atoms with van der Waals surface area (Å²) in [6.45, 7) is 8.30. The fourth-order valence-corrected chi connectivity index (χ4v) is 1.79. The zero-order chi connectivity index (χ0) is 11.5. The van der Waals surface area contributed by atoms with Crippen LogP contribution in [-0.4, -0.2) is 38.6 Å². The minimum Gasteiger partial charge on any atom is -0.320 e. The minimum absolute atomic E-state index is 0.847. The molecule has 0 fully saturated rings. The van der Waals surface area contributed by atoms with Crippen molar-refractivity contribution in [2.24, 2.45) is 5.92 Å². The molecule has 92 valence electrons. The first-order valence-electron chi connectivity index (χ1n) is 6.53. The van der Waals surface area contributed by atoms with E-state index in [9.17, 15) is 0 Å². The molecule has 0 radical (unpaired) electrons. The molecule has 0 aliphatic heterocycles. The van der Waals surface area contributed by atoms with E-state index in [-0.39, 0.29) is 0 Å². The number of unbranched alkanes of at least 4 members (excludes halogenated alkanes) is 3. The molecule has 0 aromatic heterocycles. The Morgan fingerprint density at radius 2 is 1.80 bits per heavy atom. The predicted molar refractivity (Wildman–Crippen MR) is 69.3 cm³/mol. The molecular formula is C13H30N2. The Kier molecular flexibility index (Phi) is 10.4. The van der Waals surface area contributed by atoms with Gasteiger partial charge < -0.3 is 10.2 Å². The van der Waals surface area contributed by atoms with Crippen molar-refractivity contribution in [2.75, 3.05) is 33.7 Å². The zero-order valence-corrected chi connectivity index (χ0v) is 11.2. The normalized spacial score (nSPS) is 13.4. The summed E-state index contributed by atoms with van der Waals surface area (Å²) in [7, 11) is 4.28. The van der Waals surface area contributed by atoms with Crippen LogP contribution in [0.15, 0.2) is 0 Å². The lowest BCUT2D eigenvalue weighted by Crippen LogP contribution is -2.25. The van der Waals surface area contributed by atoms with Crippen molar-refractivity contribution in [3.63, 3.8) is 0 Å². The Balaban J connectivity index is 3.20. The third-order valence-electron chi connectivity index (χ3n) is 3.04. The number of hydrogen-bond donors (Lipinski definition) is 1. The van der Waals surface area contributed by atoms with E-state index in [0.717, 1.165) is 5.92 Å². The fourth-order valence-electron chi connectivity index (χ4n) is 1.79. The van der Waals surface area contributed by atoms with Gasteiger partial charge in [-0.15, -0.1) is 0 Å². The van der Waals surface area contributed by atoms with E-state index < -0.39 is 0 Å². The molecule has 0 spiro atoms. The molecule has 1 unspecified atom stereocenters. The lowest BCUT2D eigenvalue weighted by atomic mass is 10.1. The van der Waals surface area contributed by atoms with Crippen LogP contribution in [0.3, 0.4) is 0 Å². The number of nitrogens with one attached hydrogen (secondary N) is 1. The van der Waals surface area contributed by atoms with E-state index in [0.29, 0.717) is 0 Å². The molecule has 15 heavy (non-hydrogen) atoms. The van der Waals surface area contributed by atoms with Gasteiger partial charge in [-0.05, 0) is 45.9 Å².